The maximum absolute atomic E-state index is 13.4. The zero-order valence-corrected chi connectivity index (χ0v) is 11.4. The van der Waals surface area contributed by atoms with Crippen molar-refractivity contribution in [1.29, 1.82) is 0 Å². The van der Waals surface area contributed by atoms with Gasteiger partial charge in [-0.2, -0.15) is 4.39 Å². The van der Waals surface area contributed by atoms with E-state index in [4.69, 9.17) is 4.74 Å². The second-order valence-corrected chi connectivity index (χ2v) is 4.63. The van der Waals surface area contributed by atoms with Crippen LogP contribution in [0.1, 0.15) is 10.4 Å². The van der Waals surface area contributed by atoms with Crippen LogP contribution in [-0.2, 0) is 4.74 Å². The van der Waals surface area contributed by atoms with E-state index in [9.17, 15) is 19.3 Å². The number of amides is 1. The van der Waals surface area contributed by atoms with Crippen molar-refractivity contribution in [3.8, 4) is 0 Å². The fourth-order valence-corrected chi connectivity index (χ4v) is 2.05. The summed E-state index contributed by atoms with van der Waals surface area (Å²) in [5.41, 5.74) is -0.569. The van der Waals surface area contributed by atoms with E-state index in [2.05, 4.69) is 10.2 Å². The molecule has 114 valence electrons. The average Bonchev–Trinajstić information content (AvgIpc) is 2.47. The Balaban J connectivity index is 1.85. The Labute approximate surface area is 120 Å². The zero-order valence-electron chi connectivity index (χ0n) is 11.4. The predicted molar refractivity (Wildman–Crippen MR) is 72.6 cm³/mol. The first-order valence-corrected chi connectivity index (χ1v) is 6.60. The SMILES string of the molecule is O=C(NCCN1CCOCC1)c1ccc([N+](=O)[O-])c(F)c1. The summed E-state index contributed by atoms with van der Waals surface area (Å²) >= 11 is 0. The summed E-state index contributed by atoms with van der Waals surface area (Å²) in [5.74, 6) is -1.46. The van der Waals surface area contributed by atoms with Crippen molar-refractivity contribution in [2.75, 3.05) is 39.4 Å². The first kappa shape index (κ1) is 15.3. The van der Waals surface area contributed by atoms with Gasteiger partial charge in [-0.1, -0.05) is 0 Å². The van der Waals surface area contributed by atoms with Crippen LogP contribution >= 0.6 is 0 Å². The number of morpholine rings is 1. The predicted octanol–water partition coefficient (Wildman–Crippen LogP) is 0.796. The van der Waals surface area contributed by atoms with Crippen molar-refractivity contribution >= 4 is 11.6 Å². The highest BCUT2D eigenvalue weighted by molar-refractivity contribution is 5.94. The van der Waals surface area contributed by atoms with Gasteiger partial charge in [0.15, 0.2) is 0 Å². The smallest absolute Gasteiger partial charge is 0.304 e. The first-order valence-electron chi connectivity index (χ1n) is 6.60. The Bertz CT molecular complexity index is 532. The molecule has 21 heavy (non-hydrogen) atoms. The van der Waals surface area contributed by atoms with Gasteiger partial charge in [-0.3, -0.25) is 19.8 Å². The minimum atomic E-state index is -1.01. The molecule has 0 bridgehead atoms. The third-order valence-electron chi connectivity index (χ3n) is 3.22. The van der Waals surface area contributed by atoms with Crippen molar-refractivity contribution in [1.82, 2.24) is 10.2 Å². The van der Waals surface area contributed by atoms with E-state index in [1.54, 1.807) is 0 Å². The number of hydrogen-bond acceptors (Lipinski definition) is 5. The van der Waals surface area contributed by atoms with E-state index in [1.165, 1.54) is 6.07 Å². The van der Waals surface area contributed by atoms with Crippen molar-refractivity contribution in [2.24, 2.45) is 0 Å². The van der Waals surface area contributed by atoms with Crippen molar-refractivity contribution in [2.45, 2.75) is 0 Å². The van der Waals surface area contributed by atoms with Crippen molar-refractivity contribution < 1.29 is 18.8 Å². The van der Waals surface area contributed by atoms with Crippen LogP contribution in [0.4, 0.5) is 10.1 Å². The van der Waals surface area contributed by atoms with Crippen LogP contribution in [0.25, 0.3) is 0 Å². The van der Waals surface area contributed by atoms with Crippen molar-refractivity contribution in [3.63, 3.8) is 0 Å². The van der Waals surface area contributed by atoms with E-state index in [-0.39, 0.29) is 5.56 Å². The van der Waals surface area contributed by atoms with Gasteiger partial charge in [0.05, 0.1) is 18.1 Å². The molecule has 0 spiro atoms. The highest BCUT2D eigenvalue weighted by Gasteiger charge is 2.17. The molecule has 7 nitrogen and oxygen atoms in total. The second-order valence-electron chi connectivity index (χ2n) is 4.63. The molecule has 1 saturated heterocycles. The highest BCUT2D eigenvalue weighted by atomic mass is 19.1. The van der Waals surface area contributed by atoms with Crippen molar-refractivity contribution in [3.05, 3.63) is 39.7 Å². The molecule has 1 amide bonds. The molecular weight excluding hydrogens is 281 g/mol. The van der Waals surface area contributed by atoms with Crippen LogP contribution < -0.4 is 5.32 Å². The Morgan fingerprint density at radius 3 is 2.76 bits per heavy atom. The Morgan fingerprint density at radius 2 is 2.14 bits per heavy atom. The topological polar surface area (TPSA) is 84.7 Å². The molecule has 1 fully saturated rings. The number of nitrogens with zero attached hydrogens (tertiary/aromatic N) is 2. The summed E-state index contributed by atoms with van der Waals surface area (Å²) < 4.78 is 18.6. The number of hydrogen-bond donors (Lipinski definition) is 1. The molecular formula is C13H16FN3O4. The number of nitrogens with one attached hydrogen (secondary N) is 1. The maximum atomic E-state index is 13.4. The van der Waals surface area contributed by atoms with E-state index in [0.717, 1.165) is 25.2 Å². The van der Waals surface area contributed by atoms with Gasteiger partial charge in [0.2, 0.25) is 5.82 Å². The molecule has 0 saturated carbocycles. The molecule has 8 heteroatoms. The van der Waals surface area contributed by atoms with Crippen LogP contribution in [0.3, 0.4) is 0 Å². The Kier molecular flexibility index (Phi) is 5.18. The van der Waals surface area contributed by atoms with Gasteiger partial charge in [-0.25, -0.2) is 0 Å². The summed E-state index contributed by atoms with van der Waals surface area (Å²) in [6, 6.07) is 3.11. The van der Waals surface area contributed by atoms with Crippen LogP contribution in [0.2, 0.25) is 0 Å². The molecule has 0 aliphatic carbocycles. The molecule has 1 aromatic rings. The third kappa shape index (κ3) is 4.20. The number of nitro groups is 1. The minimum Gasteiger partial charge on any atom is -0.379 e. The second kappa shape index (κ2) is 7.09. The van der Waals surface area contributed by atoms with Crippen LogP contribution in [-0.4, -0.2) is 55.1 Å². The molecule has 1 N–H and O–H groups in total. The molecule has 2 rings (SSSR count). The number of ether oxygens (including phenoxy) is 1. The normalized spacial score (nSPS) is 15.7. The summed E-state index contributed by atoms with van der Waals surface area (Å²) in [7, 11) is 0. The third-order valence-corrected chi connectivity index (χ3v) is 3.22. The molecule has 0 atom stereocenters. The number of benzene rings is 1. The summed E-state index contributed by atoms with van der Waals surface area (Å²) in [4.78, 5) is 23.7. The number of carbonyl (C=O) groups is 1. The molecule has 0 radical (unpaired) electrons. The van der Waals surface area contributed by atoms with Crippen LogP contribution in [0.5, 0.6) is 0 Å². The maximum Gasteiger partial charge on any atom is 0.304 e. The van der Waals surface area contributed by atoms with Gasteiger partial charge in [0.25, 0.3) is 5.91 Å². The lowest BCUT2D eigenvalue weighted by molar-refractivity contribution is -0.387. The Morgan fingerprint density at radius 1 is 1.43 bits per heavy atom. The zero-order chi connectivity index (χ0) is 15.2. The summed E-state index contributed by atoms with van der Waals surface area (Å²) in [6.07, 6.45) is 0. The van der Waals surface area contributed by atoms with E-state index >= 15 is 0 Å². The van der Waals surface area contributed by atoms with Crippen LogP contribution in [0, 0.1) is 15.9 Å². The lowest BCUT2D eigenvalue weighted by Gasteiger charge is -2.26. The number of halogens is 1. The lowest BCUT2D eigenvalue weighted by Crippen LogP contribution is -2.41. The van der Waals surface area contributed by atoms with Gasteiger partial charge < -0.3 is 10.1 Å². The van der Waals surface area contributed by atoms with Gasteiger partial charge >= 0.3 is 5.69 Å². The molecule has 0 aromatic heterocycles. The van der Waals surface area contributed by atoms with E-state index < -0.39 is 22.3 Å². The standard InChI is InChI=1S/C13H16FN3O4/c14-11-9-10(1-2-12(11)17(19)20)13(18)15-3-4-16-5-7-21-8-6-16/h1-2,9H,3-8H2,(H,15,18). The molecule has 1 aliphatic rings. The molecule has 0 unspecified atom stereocenters. The van der Waals surface area contributed by atoms with Gasteiger partial charge in [-0.15, -0.1) is 0 Å². The molecule has 1 aromatic carbocycles. The quantitative estimate of drug-likeness (QED) is 0.642. The van der Waals surface area contributed by atoms with E-state index in [0.29, 0.717) is 26.3 Å². The molecule has 1 aliphatic heterocycles. The summed E-state index contributed by atoms with van der Waals surface area (Å²) in [5, 5.41) is 13.2. The lowest BCUT2D eigenvalue weighted by atomic mass is 10.2. The largest absolute Gasteiger partial charge is 0.379 e. The van der Waals surface area contributed by atoms with Gasteiger partial charge in [-0.05, 0) is 12.1 Å². The summed E-state index contributed by atoms with van der Waals surface area (Å²) in [6.45, 7) is 4.12. The average molecular weight is 297 g/mol. The monoisotopic (exact) mass is 297 g/mol. The Hall–Kier alpha value is -2.06. The molecule has 1 heterocycles. The van der Waals surface area contributed by atoms with Gasteiger partial charge in [0, 0.05) is 37.8 Å². The fraction of sp³-hybridized carbons (Fsp3) is 0.462. The minimum absolute atomic E-state index is 0.0695. The number of nitro benzene ring substituents is 1. The number of rotatable bonds is 5. The fourth-order valence-electron chi connectivity index (χ4n) is 2.05. The van der Waals surface area contributed by atoms with Crippen LogP contribution in [0.15, 0.2) is 18.2 Å². The number of carbonyl (C=O) groups excluding carboxylic acids is 1. The highest BCUT2D eigenvalue weighted by Crippen LogP contribution is 2.17. The van der Waals surface area contributed by atoms with E-state index in [1.807, 2.05) is 0 Å². The van der Waals surface area contributed by atoms with Gasteiger partial charge in [0.1, 0.15) is 0 Å². The first-order chi connectivity index (χ1) is 10.1.